The van der Waals surface area contributed by atoms with Crippen LogP contribution in [0.15, 0.2) is 54.6 Å². The molecule has 0 saturated carbocycles. The number of fused-ring (bicyclic) bond motifs is 1. The Morgan fingerprint density at radius 1 is 1.14 bits per heavy atom. The van der Waals surface area contributed by atoms with E-state index in [2.05, 4.69) is 4.98 Å². The first-order valence-corrected chi connectivity index (χ1v) is 9.26. The summed E-state index contributed by atoms with van der Waals surface area (Å²) < 4.78 is 38.6. The Morgan fingerprint density at radius 3 is 2.52 bits per heavy atom. The van der Waals surface area contributed by atoms with Gasteiger partial charge in [-0.25, -0.2) is 0 Å². The van der Waals surface area contributed by atoms with Gasteiger partial charge in [-0.15, -0.1) is 0 Å². The normalized spacial score (nSPS) is 19.7. The van der Waals surface area contributed by atoms with E-state index in [1.54, 1.807) is 13.0 Å². The van der Waals surface area contributed by atoms with Crippen molar-refractivity contribution in [1.82, 2.24) is 9.88 Å². The van der Waals surface area contributed by atoms with Gasteiger partial charge in [0.05, 0.1) is 28.8 Å². The minimum atomic E-state index is -4.42. The Bertz CT molecular complexity index is 1060. The molecule has 0 aliphatic carbocycles. The van der Waals surface area contributed by atoms with E-state index in [1.807, 2.05) is 24.3 Å². The third kappa shape index (κ3) is 3.70. The van der Waals surface area contributed by atoms with E-state index in [1.165, 1.54) is 17.0 Å². The largest absolute Gasteiger partial charge is 0.416 e. The lowest BCUT2D eigenvalue weighted by molar-refractivity contribution is -0.137. The molecule has 2 atom stereocenters. The number of aromatic nitrogens is 1. The van der Waals surface area contributed by atoms with Gasteiger partial charge in [-0.1, -0.05) is 30.3 Å². The molecule has 1 fully saturated rings. The summed E-state index contributed by atoms with van der Waals surface area (Å²) in [6, 6.07) is 13.3. The first-order valence-electron chi connectivity index (χ1n) is 9.26. The highest BCUT2D eigenvalue weighted by Gasteiger charge is 2.37. The molecule has 1 amide bonds. The van der Waals surface area contributed by atoms with Crippen LogP contribution in [0.3, 0.4) is 0 Å². The molecule has 1 aliphatic heterocycles. The molecular formula is C22H19F3N2O2. The molecule has 2 aromatic carbocycles. The third-order valence-corrected chi connectivity index (χ3v) is 5.24. The summed E-state index contributed by atoms with van der Waals surface area (Å²) >= 11 is 0. The molecule has 4 rings (SSSR count). The molecule has 0 spiro atoms. The summed E-state index contributed by atoms with van der Waals surface area (Å²) in [4.78, 5) is 19.4. The zero-order chi connectivity index (χ0) is 20.8. The van der Waals surface area contributed by atoms with Gasteiger partial charge in [-0.3, -0.25) is 9.78 Å². The maximum atomic E-state index is 13.4. The van der Waals surface area contributed by atoms with Crippen LogP contribution in [0, 0.1) is 6.92 Å². The van der Waals surface area contributed by atoms with Crippen LogP contribution in [0.25, 0.3) is 10.9 Å². The second-order valence-corrected chi connectivity index (χ2v) is 7.31. The molecule has 1 N–H and O–H groups in total. The Kier molecular flexibility index (Phi) is 4.78. The third-order valence-electron chi connectivity index (χ3n) is 5.24. The van der Waals surface area contributed by atoms with Crippen molar-refractivity contribution >= 4 is 16.8 Å². The fraction of sp³-hybridized carbons (Fsp3) is 0.273. The van der Waals surface area contributed by atoms with Gasteiger partial charge in [0.25, 0.3) is 5.91 Å². The van der Waals surface area contributed by atoms with Crippen molar-refractivity contribution in [2.45, 2.75) is 31.7 Å². The summed E-state index contributed by atoms with van der Waals surface area (Å²) in [6.45, 7) is 1.93. The summed E-state index contributed by atoms with van der Waals surface area (Å²) in [5.41, 5.74) is 1.69. The van der Waals surface area contributed by atoms with E-state index >= 15 is 0 Å². The standard InChI is InChI=1S/C22H19F3N2O2/c1-13-10-18(17-4-2-3-5-19(17)26-13)21(29)27-12-16(28)11-20(27)14-6-8-15(9-7-14)22(23,24)25/h2-10,16,20,28H,11-12H2,1H3/t16-,20-/m0/s1. The fourth-order valence-electron chi connectivity index (χ4n) is 3.89. The predicted octanol–water partition coefficient (Wildman–Crippen LogP) is 4.51. The van der Waals surface area contributed by atoms with E-state index in [0.717, 1.165) is 12.1 Å². The van der Waals surface area contributed by atoms with E-state index < -0.39 is 23.9 Å². The summed E-state index contributed by atoms with van der Waals surface area (Å²) in [7, 11) is 0. The average molecular weight is 400 g/mol. The smallest absolute Gasteiger partial charge is 0.391 e. The van der Waals surface area contributed by atoms with Gasteiger partial charge in [0.1, 0.15) is 0 Å². The number of benzene rings is 2. The predicted molar refractivity (Wildman–Crippen MR) is 102 cm³/mol. The Labute approximate surface area is 165 Å². The van der Waals surface area contributed by atoms with E-state index in [0.29, 0.717) is 27.7 Å². The molecule has 1 saturated heterocycles. The number of aryl methyl sites for hydroxylation is 1. The number of carbonyl (C=O) groups is 1. The van der Waals surface area contributed by atoms with Gasteiger partial charge >= 0.3 is 6.18 Å². The Balaban J connectivity index is 1.71. The summed E-state index contributed by atoms with van der Waals surface area (Å²) in [5, 5.41) is 10.9. The number of rotatable bonds is 2. The lowest BCUT2D eigenvalue weighted by Gasteiger charge is -2.26. The van der Waals surface area contributed by atoms with E-state index in [-0.39, 0.29) is 18.9 Å². The fourth-order valence-corrected chi connectivity index (χ4v) is 3.89. The maximum absolute atomic E-state index is 13.4. The molecular weight excluding hydrogens is 381 g/mol. The minimum Gasteiger partial charge on any atom is -0.391 e. The van der Waals surface area contributed by atoms with Crippen LogP contribution in [0.5, 0.6) is 0 Å². The number of carbonyl (C=O) groups excluding carboxylic acids is 1. The number of aliphatic hydroxyl groups is 1. The average Bonchev–Trinajstić information content (AvgIpc) is 3.08. The molecule has 150 valence electrons. The molecule has 2 heterocycles. The highest BCUT2D eigenvalue weighted by atomic mass is 19.4. The van der Waals surface area contributed by atoms with Crippen LogP contribution < -0.4 is 0 Å². The SMILES string of the molecule is Cc1cc(C(=O)N2C[C@@H](O)C[C@H]2c2ccc(C(F)(F)F)cc2)c2ccccc2n1. The van der Waals surface area contributed by atoms with Gasteiger partial charge in [-0.05, 0) is 43.2 Å². The van der Waals surface area contributed by atoms with Crippen LogP contribution in [0.1, 0.15) is 39.6 Å². The quantitative estimate of drug-likeness (QED) is 0.689. The monoisotopic (exact) mass is 400 g/mol. The number of alkyl halides is 3. The number of hydrogen-bond acceptors (Lipinski definition) is 3. The van der Waals surface area contributed by atoms with Crippen molar-refractivity contribution in [3.8, 4) is 0 Å². The van der Waals surface area contributed by atoms with E-state index in [9.17, 15) is 23.1 Å². The van der Waals surface area contributed by atoms with Crippen LogP contribution in [-0.2, 0) is 6.18 Å². The number of para-hydroxylation sites is 1. The summed E-state index contributed by atoms with van der Waals surface area (Å²) in [6.07, 6.45) is -4.88. The molecule has 0 radical (unpaired) electrons. The number of halogens is 3. The van der Waals surface area contributed by atoms with Gasteiger partial charge in [0.15, 0.2) is 0 Å². The first-order chi connectivity index (χ1) is 13.7. The number of nitrogens with zero attached hydrogens (tertiary/aromatic N) is 2. The van der Waals surface area contributed by atoms with Gasteiger partial charge in [-0.2, -0.15) is 13.2 Å². The molecule has 0 unspecified atom stereocenters. The Morgan fingerprint density at radius 2 is 1.83 bits per heavy atom. The lowest BCUT2D eigenvalue weighted by Crippen LogP contribution is -2.32. The number of pyridine rings is 1. The van der Waals surface area contributed by atoms with Crippen LogP contribution in [0.4, 0.5) is 13.2 Å². The zero-order valence-corrected chi connectivity index (χ0v) is 15.6. The number of β-amino-alcohol motifs (C(OH)–C–C–N with tert-alkyl or cyclic N) is 1. The van der Waals surface area contributed by atoms with Gasteiger partial charge < -0.3 is 10.0 Å². The van der Waals surface area contributed by atoms with Crippen molar-refractivity contribution in [3.05, 3.63) is 77.0 Å². The topological polar surface area (TPSA) is 53.4 Å². The molecule has 1 aromatic heterocycles. The van der Waals surface area contributed by atoms with Crippen LogP contribution in [0.2, 0.25) is 0 Å². The minimum absolute atomic E-state index is 0.125. The number of likely N-dealkylation sites (tertiary alicyclic amines) is 1. The number of aliphatic hydroxyl groups excluding tert-OH is 1. The van der Waals surface area contributed by atoms with Crippen molar-refractivity contribution in [2.75, 3.05) is 6.54 Å². The summed E-state index contributed by atoms with van der Waals surface area (Å²) in [5.74, 6) is -0.270. The van der Waals surface area contributed by atoms with Gasteiger partial charge in [0, 0.05) is 17.6 Å². The van der Waals surface area contributed by atoms with E-state index in [4.69, 9.17) is 0 Å². The highest BCUT2D eigenvalue weighted by molar-refractivity contribution is 6.06. The zero-order valence-electron chi connectivity index (χ0n) is 15.6. The van der Waals surface area contributed by atoms with Crippen molar-refractivity contribution in [3.63, 3.8) is 0 Å². The van der Waals surface area contributed by atoms with Crippen molar-refractivity contribution in [2.24, 2.45) is 0 Å². The van der Waals surface area contributed by atoms with Gasteiger partial charge in [0.2, 0.25) is 0 Å². The molecule has 4 nitrogen and oxygen atoms in total. The molecule has 29 heavy (non-hydrogen) atoms. The Hall–Kier alpha value is -2.93. The first kappa shape index (κ1) is 19.4. The molecule has 3 aromatic rings. The van der Waals surface area contributed by atoms with Crippen LogP contribution in [-0.4, -0.2) is 33.5 Å². The lowest BCUT2D eigenvalue weighted by atomic mass is 10.0. The maximum Gasteiger partial charge on any atom is 0.416 e. The molecule has 7 heteroatoms. The second-order valence-electron chi connectivity index (χ2n) is 7.31. The second kappa shape index (κ2) is 7.15. The molecule has 0 bridgehead atoms. The van der Waals surface area contributed by atoms with Crippen molar-refractivity contribution in [1.29, 1.82) is 0 Å². The number of amides is 1. The van der Waals surface area contributed by atoms with Crippen LogP contribution >= 0.6 is 0 Å². The number of hydrogen-bond donors (Lipinski definition) is 1. The molecule has 1 aliphatic rings. The highest BCUT2D eigenvalue weighted by Crippen LogP contribution is 2.36. The van der Waals surface area contributed by atoms with Crippen molar-refractivity contribution < 1.29 is 23.1 Å².